The molecule has 0 aromatic heterocycles. The number of hydrogen-bond acceptors (Lipinski definition) is 7. The number of hydrogen-bond donors (Lipinski definition) is 0. The largest absolute Gasteiger partial charge is 0.335 e. The monoisotopic (exact) mass is 1060 g/mol. The molecule has 0 fully saturated rings. The predicted octanol–water partition coefficient (Wildman–Crippen LogP) is 13.2. The van der Waals surface area contributed by atoms with E-state index in [9.17, 15) is 19.2 Å². The number of anilines is 7. The lowest BCUT2D eigenvalue weighted by Crippen LogP contribution is -2.38. The fourth-order valence-electron chi connectivity index (χ4n) is 11.8. The highest BCUT2D eigenvalue weighted by Gasteiger charge is 2.46. The number of benzene rings is 8. The maximum atomic E-state index is 15.0. The minimum absolute atomic E-state index is 0.00486. The van der Waals surface area contributed by atoms with Gasteiger partial charge in [-0.3, -0.25) is 38.6 Å². The Morgan fingerprint density at radius 1 is 0.444 bits per heavy atom. The second-order valence-electron chi connectivity index (χ2n) is 21.3. The number of nitrogens with zero attached hydrogens (tertiary/aromatic N) is 6. The lowest BCUT2D eigenvalue weighted by Gasteiger charge is -2.30. The van der Waals surface area contributed by atoms with Gasteiger partial charge in [0.2, 0.25) is 12.2 Å². The van der Waals surface area contributed by atoms with Crippen LogP contribution in [0.2, 0.25) is 0 Å². The Bertz CT molecular complexity index is 3960. The van der Waals surface area contributed by atoms with Crippen molar-refractivity contribution in [2.45, 2.75) is 38.5 Å². The molecule has 0 unspecified atom stereocenters. The fraction of sp³-hybridized carbons (Fsp3) is 0.116. The van der Waals surface area contributed by atoms with Gasteiger partial charge in [0.05, 0.1) is 39.0 Å². The van der Waals surface area contributed by atoms with E-state index in [0.717, 1.165) is 33.9 Å². The Kier molecular flexibility index (Phi) is 13.0. The van der Waals surface area contributed by atoms with Gasteiger partial charge in [0, 0.05) is 57.3 Å². The smallest absolute Gasteiger partial charge is 0.297 e. The van der Waals surface area contributed by atoms with Crippen molar-refractivity contribution in [3.05, 3.63) is 276 Å². The molecule has 81 heavy (non-hydrogen) atoms. The van der Waals surface area contributed by atoms with Crippen LogP contribution >= 0.6 is 0 Å². The van der Waals surface area contributed by atoms with Crippen LogP contribution in [0.4, 0.5) is 45.5 Å². The molecule has 4 heterocycles. The number of allylic oxidation sites excluding steroid dienone is 6. The molecule has 0 spiro atoms. The first-order chi connectivity index (χ1) is 39.2. The van der Waals surface area contributed by atoms with Crippen molar-refractivity contribution in [3.8, 4) is 0 Å². The average Bonchev–Trinajstić information content (AvgIpc) is 4.26. The van der Waals surface area contributed by atoms with E-state index < -0.39 is 34.5 Å². The number of amides is 6. The molecular weight excluding hydrogens is 1010 g/mol. The normalized spacial score (nSPS) is 16.2. The van der Waals surface area contributed by atoms with Gasteiger partial charge in [0.1, 0.15) is 6.54 Å². The third kappa shape index (κ3) is 8.87. The maximum Gasteiger partial charge on any atom is 0.297 e. The molecule has 0 saturated carbocycles. The molecule has 0 N–H and O–H groups in total. The number of para-hydroxylation sites is 4. The second-order valence-corrected chi connectivity index (χ2v) is 21.3. The lowest BCUT2D eigenvalue weighted by molar-refractivity contribution is -0.424. The molecule has 6 amide bonds. The van der Waals surface area contributed by atoms with E-state index in [1.165, 1.54) is 9.80 Å². The first-order valence-corrected chi connectivity index (χ1v) is 26.8. The molecule has 0 atom stereocenters. The lowest BCUT2D eigenvalue weighted by atomic mass is 9.81. The Morgan fingerprint density at radius 3 is 1.37 bits per heavy atom. The van der Waals surface area contributed by atoms with E-state index in [2.05, 4.69) is 61.5 Å². The number of rotatable bonds is 13. The van der Waals surface area contributed by atoms with Crippen molar-refractivity contribution in [2.24, 2.45) is 0 Å². The summed E-state index contributed by atoms with van der Waals surface area (Å²) in [5, 5.41) is 0. The van der Waals surface area contributed by atoms with Gasteiger partial charge < -0.3 is 4.90 Å². The van der Waals surface area contributed by atoms with Crippen LogP contribution in [0.1, 0.15) is 80.3 Å². The summed E-state index contributed by atoms with van der Waals surface area (Å²) in [7, 11) is 0. The van der Waals surface area contributed by atoms with Gasteiger partial charge in [-0.25, -0.2) is 9.80 Å². The molecule has 4 aliphatic rings. The summed E-state index contributed by atoms with van der Waals surface area (Å²) < 4.78 is 2.07. The minimum atomic E-state index is -0.489. The Hall–Kier alpha value is -10.3. The number of imide groups is 2. The molecule has 12 nitrogen and oxygen atoms in total. The zero-order valence-corrected chi connectivity index (χ0v) is 45.1. The first kappa shape index (κ1) is 51.4. The average molecular weight is 1060 g/mol. The second kappa shape index (κ2) is 20.5. The Morgan fingerprint density at radius 2 is 0.864 bits per heavy atom. The number of carbonyl (C=O) groups excluding carboxylic acids is 6. The van der Waals surface area contributed by atoms with E-state index >= 15 is 9.59 Å². The number of carbonyl (C=O) groups is 6. The van der Waals surface area contributed by atoms with E-state index in [1.54, 1.807) is 107 Å². The van der Waals surface area contributed by atoms with Crippen LogP contribution in [0.25, 0.3) is 0 Å². The van der Waals surface area contributed by atoms with Gasteiger partial charge >= 0.3 is 0 Å². The fourth-order valence-corrected chi connectivity index (χ4v) is 11.8. The summed E-state index contributed by atoms with van der Waals surface area (Å²) in [6.07, 6.45) is 10.0. The third-order valence-corrected chi connectivity index (χ3v) is 15.8. The van der Waals surface area contributed by atoms with Crippen molar-refractivity contribution in [3.63, 3.8) is 0 Å². The van der Waals surface area contributed by atoms with Gasteiger partial charge in [-0.05, 0) is 129 Å². The highest BCUT2D eigenvalue weighted by Crippen LogP contribution is 2.48. The van der Waals surface area contributed by atoms with Crippen LogP contribution < -0.4 is 24.5 Å². The topological polar surface area (TPSA) is 122 Å². The Balaban J connectivity index is 0.829. The third-order valence-electron chi connectivity index (χ3n) is 15.8. The molecule has 8 aromatic rings. The van der Waals surface area contributed by atoms with Gasteiger partial charge in [-0.2, -0.15) is 4.58 Å². The van der Waals surface area contributed by atoms with Crippen molar-refractivity contribution < 1.29 is 33.3 Å². The molecule has 396 valence electrons. The molecule has 0 saturated heterocycles. The van der Waals surface area contributed by atoms with Crippen LogP contribution in [-0.4, -0.2) is 58.8 Å². The van der Waals surface area contributed by atoms with Crippen molar-refractivity contribution in [1.82, 2.24) is 0 Å². The number of fused-ring (bicyclic) bond motifs is 4. The minimum Gasteiger partial charge on any atom is -0.335 e. The van der Waals surface area contributed by atoms with Gasteiger partial charge in [-0.15, -0.1) is 0 Å². The SMILES string of the molecule is CC1(C)C(=CC=CC=CC2=[N+](CC(=O)N(c3ccccc3)c3ccc(N4C(=O)c5ccccc5C4=O)cc3)c3ccccc3C2(C)C)N(CC(=O)N(c2ccccc2)c2ccc(N3C(=O)c4ccccc4C3=O)cc2)c2ccccc21. The summed E-state index contributed by atoms with van der Waals surface area (Å²) >= 11 is 0. The predicted molar refractivity (Wildman–Crippen MR) is 318 cm³/mol. The highest BCUT2D eigenvalue weighted by atomic mass is 16.2. The van der Waals surface area contributed by atoms with Crippen LogP contribution in [0.5, 0.6) is 0 Å². The molecule has 12 heteroatoms. The molecule has 4 aliphatic heterocycles. The van der Waals surface area contributed by atoms with Crippen molar-refractivity contribution in [2.75, 3.05) is 37.6 Å². The highest BCUT2D eigenvalue weighted by molar-refractivity contribution is 6.35. The maximum absolute atomic E-state index is 15.0. The Labute approximate surface area is 469 Å². The molecular formula is C69H55N6O6+. The van der Waals surface area contributed by atoms with Crippen molar-refractivity contribution >= 4 is 86.7 Å². The summed E-state index contributed by atoms with van der Waals surface area (Å²) in [5.74, 6) is -1.96. The summed E-state index contributed by atoms with van der Waals surface area (Å²) in [4.78, 5) is 91.3. The molecule has 8 aromatic carbocycles. The molecule has 0 radical (unpaired) electrons. The van der Waals surface area contributed by atoms with E-state index in [4.69, 9.17) is 0 Å². The van der Waals surface area contributed by atoms with Crippen LogP contribution in [-0.2, 0) is 20.4 Å². The summed E-state index contributed by atoms with van der Waals surface area (Å²) in [5.41, 5.74) is 9.56. The quantitative estimate of drug-likeness (QED) is 0.0640. The van der Waals surface area contributed by atoms with Crippen LogP contribution in [0, 0.1) is 0 Å². The van der Waals surface area contributed by atoms with Gasteiger partial charge in [0.25, 0.3) is 35.4 Å². The van der Waals surface area contributed by atoms with Gasteiger partial charge in [0.15, 0.2) is 5.71 Å². The molecule has 12 rings (SSSR count). The zero-order valence-electron chi connectivity index (χ0n) is 45.1. The van der Waals surface area contributed by atoms with E-state index in [1.807, 2.05) is 115 Å². The van der Waals surface area contributed by atoms with Crippen LogP contribution in [0.15, 0.2) is 242 Å². The van der Waals surface area contributed by atoms with Gasteiger partial charge in [-0.1, -0.05) is 129 Å². The molecule has 0 bridgehead atoms. The first-order valence-electron chi connectivity index (χ1n) is 26.8. The van der Waals surface area contributed by atoms with E-state index in [0.29, 0.717) is 56.4 Å². The summed E-state index contributed by atoms with van der Waals surface area (Å²) in [6.45, 7) is 8.61. The zero-order chi connectivity index (χ0) is 56.2. The standard InChI is InChI=1S/C69H55N6O6/c1-68(2)56-30-18-20-32-58(56)70(44-62(76)72(46-22-8-5-9-23-46)48-36-40-50(41-37-48)74-64(78)52-26-14-15-27-53(52)65(74)79)60(68)34-12-7-13-35-61-69(3,4)57-31-19-21-33-59(57)71(61)45-63(77)73(47-24-10-6-11-25-47)49-38-42-51(43-39-49)75-66(80)54-28-16-17-29-55(54)67(75)81/h5-43H,44-45H2,1-4H3/q+1. The van der Waals surface area contributed by atoms with E-state index in [-0.39, 0.29) is 24.9 Å². The molecule has 0 aliphatic carbocycles. The van der Waals surface area contributed by atoms with Crippen LogP contribution in [0.3, 0.4) is 0 Å². The van der Waals surface area contributed by atoms with Crippen molar-refractivity contribution in [1.29, 1.82) is 0 Å². The summed E-state index contributed by atoms with van der Waals surface area (Å²) in [6, 6.07) is 62.5.